The van der Waals surface area contributed by atoms with E-state index in [1.165, 1.54) is 22.8 Å². The first-order chi connectivity index (χ1) is 12.4. The van der Waals surface area contributed by atoms with Gasteiger partial charge in [-0.2, -0.15) is 9.40 Å². The Bertz CT molecular complexity index is 872. The predicted molar refractivity (Wildman–Crippen MR) is 95.9 cm³/mol. The molecule has 1 saturated heterocycles. The lowest BCUT2D eigenvalue weighted by atomic mass is 9.87. The number of amides is 1. The van der Waals surface area contributed by atoms with Crippen LogP contribution >= 0.6 is 0 Å². The topological polar surface area (TPSA) is 109 Å². The maximum atomic E-state index is 12.7. The molecule has 0 bridgehead atoms. The molecule has 2 aromatic rings. The molecule has 0 saturated carbocycles. The maximum Gasteiger partial charge on any atom is 0.245 e. The molecule has 0 atom stereocenters. The maximum absolute atomic E-state index is 12.7. The van der Waals surface area contributed by atoms with Crippen LogP contribution in [0.5, 0.6) is 0 Å². The molecule has 3 rings (SSSR count). The number of rotatable bonds is 5. The highest BCUT2D eigenvalue weighted by Crippen LogP contribution is 2.29. The Hall–Kier alpha value is -2.46. The van der Waals surface area contributed by atoms with Crippen LogP contribution < -0.4 is 10.6 Å². The van der Waals surface area contributed by atoms with Gasteiger partial charge >= 0.3 is 0 Å². The van der Waals surface area contributed by atoms with Crippen LogP contribution in [0.2, 0.25) is 0 Å². The number of hydrogen-bond acceptors (Lipinski definition) is 6. The second-order valence-electron chi connectivity index (χ2n) is 6.25. The van der Waals surface area contributed by atoms with Crippen LogP contribution in [0.1, 0.15) is 12.8 Å². The van der Waals surface area contributed by atoms with Crippen LogP contribution in [-0.2, 0) is 21.9 Å². The SMILES string of the molecule is CNC(=O)C1(Nc2ccn(C)n2)CCN(S(=O)(=O)c2cccnc2)CC1. The lowest BCUT2D eigenvalue weighted by Gasteiger charge is -2.40. The lowest BCUT2D eigenvalue weighted by Crippen LogP contribution is -2.58. The van der Waals surface area contributed by atoms with Crippen LogP contribution in [0.15, 0.2) is 41.7 Å². The van der Waals surface area contributed by atoms with Crippen LogP contribution in [0, 0.1) is 0 Å². The van der Waals surface area contributed by atoms with E-state index in [1.54, 1.807) is 37.1 Å². The molecule has 3 heterocycles. The van der Waals surface area contributed by atoms with Crippen molar-refractivity contribution in [2.45, 2.75) is 23.3 Å². The van der Waals surface area contributed by atoms with Crippen LogP contribution in [0.25, 0.3) is 0 Å². The van der Waals surface area contributed by atoms with Gasteiger partial charge in [-0.1, -0.05) is 0 Å². The molecule has 1 fully saturated rings. The van der Waals surface area contributed by atoms with Crippen molar-refractivity contribution in [1.82, 2.24) is 24.4 Å². The van der Waals surface area contributed by atoms with E-state index in [1.807, 2.05) is 0 Å². The van der Waals surface area contributed by atoms with Crippen LogP contribution in [0.4, 0.5) is 5.82 Å². The predicted octanol–water partition coefficient (Wildman–Crippen LogP) is 0.197. The van der Waals surface area contributed by atoms with E-state index < -0.39 is 15.6 Å². The van der Waals surface area contributed by atoms with E-state index in [9.17, 15) is 13.2 Å². The molecule has 10 heteroatoms. The minimum atomic E-state index is -3.62. The van der Waals surface area contributed by atoms with Crippen molar-refractivity contribution < 1.29 is 13.2 Å². The van der Waals surface area contributed by atoms with Gasteiger partial charge in [-0.15, -0.1) is 0 Å². The summed E-state index contributed by atoms with van der Waals surface area (Å²) in [4.78, 5) is 16.6. The van der Waals surface area contributed by atoms with E-state index in [4.69, 9.17) is 0 Å². The molecule has 1 aliphatic heterocycles. The summed E-state index contributed by atoms with van der Waals surface area (Å²) in [6, 6.07) is 4.90. The number of anilines is 1. The van der Waals surface area contributed by atoms with Gasteiger partial charge in [0.15, 0.2) is 0 Å². The molecule has 0 aromatic carbocycles. The molecular formula is C16H22N6O3S. The zero-order valence-electron chi connectivity index (χ0n) is 14.7. The first-order valence-corrected chi connectivity index (χ1v) is 9.72. The van der Waals surface area contributed by atoms with Gasteiger partial charge in [-0.05, 0) is 25.0 Å². The minimum Gasteiger partial charge on any atom is -0.357 e. The average Bonchev–Trinajstić information content (AvgIpc) is 3.06. The zero-order valence-corrected chi connectivity index (χ0v) is 15.5. The molecule has 0 unspecified atom stereocenters. The normalized spacial score (nSPS) is 17.6. The van der Waals surface area contributed by atoms with E-state index in [-0.39, 0.29) is 23.9 Å². The molecule has 2 N–H and O–H groups in total. The van der Waals surface area contributed by atoms with Crippen molar-refractivity contribution in [2.75, 3.05) is 25.5 Å². The third kappa shape index (κ3) is 3.42. The number of sulfonamides is 1. The largest absolute Gasteiger partial charge is 0.357 e. The Kier molecular flexibility index (Phi) is 4.97. The first kappa shape index (κ1) is 18.3. The molecule has 1 amide bonds. The van der Waals surface area contributed by atoms with E-state index in [0.29, 0.717) is 18.7 Å². The highest BCUT2D eigenvalue weighted by molar-refractivity contribution is 7.89. The molecule has 2 aromatic heterocycles. The number of likely N-dealkylation sites (N-methyl/N-ethyl adjacent to an activating group) is 1. The molecular weight excluding hydrogens is 356 g/mol. The Morgan fingerprint density at radius 3 is 2.54 bits per heavy atom. The van der Waals surface area contributed by atoms with Gasteiger partial charge in [0.1, 0.15) is 16.3 Å². The number of aryl methyl sites for hydroxylation is 1. The number of nitrogens with zero attached hydrogens (tertiary/aromatic N) is 4. The van der Waals surface area contributed by atoms with Gasteiger partial charge in [0, 0.05) is 51.8 Å². The Morgan fingerprint density at radius 1 is 1.27 bits per heavy atom. The summed E-state index contributed by atoms with van der Waals surface area (Å²) in [6.45, 7) is 0.453. The highest BCUT2D eigenvalue weighted by atomic mass is 32.2. The molecule has 26 heavy (non-hydrogen) atoms. The fourth-order valence-corrected chi connectivity index (χ4v) is 4.54. The zero-order chi connectivity index (χ0) is 18.8. The number of hydrogen-bond donors (Lipinski definition) is 2. The molecule has 0 spiro atoms. The van der Waals surface area contributed by atoms with Gasteiger partial charge < -0.3 is 10.6 Å². The summed E-state index contributed by atoms with van der Waals surface area (Å²) in [7, 11) is -0.257. The number of carbonyl (C=O) groups excluding carboxylic acids is 1. The van der Waals surface area contributed by atoms with Crippen molar-refractivity contribution in [3.63, 3.8) is 0 Å². The van der Waals surface area contributed by atoms with E-state index in [2.05, 4.69) is 20.7 Å². The highest BCUT2D eigenvalue weighted by Gasteiger charge is 2.44. The van der Waals surface area contributed by atoms with E-state index >= 15 is 0 Å². The van der Waals surface area contributed by atoms with Gasteiger partial charge in [0.05, 0.1) is 0 Å². The van der Waals surface area contributed by atoms with Crippen molar-refractivity contribution in [3.8, 4) is 0 Å². The Labute approximate surface area is 152 Å². The fourth-order valence-electron chi connectivity index (χ4n) is 3.13. The monoisotopic (exact) mass is 378 g/mol. The Balaban J connectivity index is 1.79. The van der Waals surface area contributed by atoms with E-state index in [0.717, 1.165) is 0 Å². The minimum absolute atomic E-state index is 0.158. The molecule has 0 radical (unpaired) electrons. The third-order valence-corrected chi connectivity index (χ3v) is 6.47. The second-order valence-corrected chi connectivity index (χ2v) is 8.19. The van der Waals surface area contributed by atoms with Gasteiger partial charge in [-0.25, -0.2) is 8.42 Å². The first-order valence-electron chi connectivity index (χ1n) is 8.28. The number of nitrogens with one attached hydrogen (secondary N) is 2. The summed E-state index contributed by atoms with van der Waals surface area (Å²) in [5.74, 6) is 0.404. The standard InChI is InChI=1S/C16H22N6O3S/c1-17-15(23)16(19-14-5-9-21(2)20-14)6-10-22(11-7-16)26(24,25)13-4-3-8-18-12-13/h3-5,8-9,12H,6-7,10-11H2,1-2H3,(H,17,23)(H,19,20). The summed E-state index contributed by atoms with van der Waals surface area (Å²) in [5.41, 5.74) is -0.899. The summed E-state index contributed by atoms with van der Waals surface area (Å²) < 4.78 is 28.5. The van der Waals surface area contributed by atoms with Gasteiger partial charge in [0.2, 0.25) is 15.9 Å². The number of carbonyl (C=O) groups is 1. The summed E-state index contributed by atoms with van der Waals surface area (Å²) in [5, 5.41) is 10.1. The van der Waals surface area contributed by atoms with Crippen LogP contribution in [0.3, 0.4) is 0 Å². The van der Waals surface area contributed by atoms with Gasteiger partial charge in [-0.3, -0.25) is 14.5 Å². The lowest BCUT2D eigenvalue weighted by molar-refractivity contribution is -0.126. The number of pyridine rings is 1. The van der Waals surface area contributed by atoms with Gasteiger partial charge in [0.25, 0.3) is 0 Å². The fraction of sp³-hybridized carbons (Fsp3) is 0.438. The van der Waals surface area contributed by atoms with Crippen LogP contribution in [-0.4, -0.2) is 59.1 Å². The van der Waals surface area contributed by atoms with Crippen molar-refractivity contribution in [3.05, 3.63) is 36.8 Å². The third-order valence-electron chi connectivity index (χ3n) is 4.59. The average molecular weight is 378 g/mol. The van der Waals surface area contributed by atoms with Crippen molar-refractivity contribution in [1.29, 1.82) is 0 Å². The summed E-state index contributed by atoms with van der Waals surface area (Å²) >= 11 is 0. The Morgan fingerprint density at radius 2 is 2.00 bits per heavy atom. The number of piperidine rings is 1. The smallest absolute Gasteiger partial charge is 0.245 e. The summed E-state index contributed by atoms with van der Waals surface area (Å²) in [6.07, 6.45) is 5.32. The second kappa shape index (κ2) is 7.04. The van der Waals surface area contributed by atoms with Crippen molar-refractivity contribution in [2.24, 2.45) is 7.05 Å². The quantitative estimate of drug-likeness (QED) is 0.769. The number of aromatic nitrogens is 3. The molecule has 9 nitrogen and oxygen atoms in total. The van der Waals surface area contributed by atoms with Crippen molar-refractivity contribution >= 4 is 21.7 Å². The molecule has 0 aliphatic carbocycles. The molecule has 1 aliphatic rings. The molecule has 140 valence electrons.